The van der Waals surface area contributed by atoms with Gasteiger partial charge in [-0.1, -0.05) is 19.1 Å². The standard InChI is InChI=1S/C23H34O5S/c1-3-9-20(24)22(23(25)26-4-2)29-19-14-12-18(13-15-19)10-5-7-16-27-21-11-6-8-17-28-21/h12-15,21-22H,3-11,16-17H2,1-2H3. The lowest BCUT2D eigenvalue weighted by Crippen LogP contribution is -2.28. The highest BCUT2D eigenvalue weighted by atomic mass is 32.2. The SMILES string of the molecule is CCCC(=O)C(Sc1ccc(CCCCOC2CCCCO2)cc1)C(=O)OCC. The molecule has 0 spiro atoms. The molecule has 1 fully saturated rings. The second-order valence-corrected chi connectivity index (χ2v) is 8.41. The third-order valence-electron chi connectivity index (χ3n) is 4.77. The lowest BCUT2D eigenvalue weighted by atomic mass is 10.1. The third-order valence-corrected chi connectivity index (χ3v) is 6.00. The van der Waals surface area contributed by atoms with Gasteiger partial charge in [-0.2, -0.15) is 0 Å². The van der Waals surface area contributed by atoms with E-state index in [1.165, 1.54) is 23.7 Å². The van der Waals surface area contributed by atoms with Gasteiger partial charge in [0.2, 0.25) is 0 Å². The Hall–Kier alpha value is -1.37. The number of esters is 1. The molecule has 1 saturated heterocycles. The van der Waals surface area contributed by atoms with E-state index in [2.05, 4.69) is 12.1 Å². The van der Waals surface area contributed by atoms with Gasteiger partial charge in [-0.05, 0) is 69.6 Å². The van der Waals surface area contributed by atoms with Gasteiger partial charge in [0, 0.05) is 24.5 Å². The van der Waals surface area contributed by atoms with E-state index in [4.69, 9.17) is 14.2 Å². The Bertz CT molecular complexity index is 592. The molecule has 0 radical (unpaired) electrons. The number of rotatable bonds is 13. The van der Waals surface area contributed by atoms with Gasteiger partial charge < -0.3 is 14.2 Å². The van der Waals surface area contributed by atoms with Gasteiger partial charge >= 0.3 is 5.97 Å². The first-order valence-electron chi connectivity index (χ1n) is 10.8. The van der Waals surface area contributed by atoms with Crippen molar-refractivity contribution in [1.82, 2.24) is 0 Å². The Morgan fingerprint density at radius 1 is 1.17 bits per heavy atom. The molecule has 2 unspecified atom stereocenters. The van der Waals surface area contributed by atoms with Crippen LogP contribution in [-0.2, 0) is 30.2 Å². The fraction of sp³-hybridized carbons (Fsp3) is 0.652. The highest BCUT2D eigenvalue weighted by Crippen LogP contribution is 2.27. The molecule has 0 aliphatic carbocycles. The zero-order chi connectivity index (χ0) is 20.9. The van der Waals surface area contributed by atoms with E-state index in [-0.39, 0.29) is 18.7 Å². The van der Waals surface area contributed by atoms with Crippen molar-refractivity contribution in [3.63, 3.8) is 0 Å². The monoisotopic (exact) mass is 422 g/mol. The smallest absolute Gasteiger partial charge is 0.327 e. The highest BCUT2D eigenvalue weighted by Gasteiger charge is 2.28. The maximum Gasteiger partial charge on any atom is 0.327 e. The van der Waals surface area contributed by atoms with Crippen LogP contribution in [0.15, 0.2) is 29.2 Å². The Morgan fingerprint density at radius 2 is 1.97 bits per heavy atom. The lowest BCUT2D eigenvalue weighted by molar-refractivity contribution is -0.162. The van der Waals surface area contributed by atoms with Gasteiger partial charge in [0.1, 0.15) is 0 Å². The quantitative estimate of drug-likeness (QED) is 0.194. The number of hydrogen-bond acceptors (Lipinski definition) is 6. The lowest BCUT2D eigenvalue weighted by Gasteiger charge is -2.22. The minimum Gasteiger partial charge on any atom is -0.465 e. The van der Waals surface area contributed by atoms with Crippen molar-refractivity contribution >= 4 is 23.5 Å². The van der Waals surface area contributed by atoms with Crippen LogP contribution in [-0.4, -0.2) is 43.1 Å². The van der Waals surface area contributed by atoms with Gasteiger partial charge in [-0.15, -0.1) is 11.8 Å². The van der Waals surface area contributed by atoms with Gasteiger partial charge in [-0.25, -0.2) is 0 Å². The first-order chi connectivity index (χ1) is 14.1. The summed E-state index contributed by atoms with van der Waals surface area (Å²) < 4.78 is 16.4. The molecule has 1 aromatic carbocycles. The number of thioether (sulfide) groups is 1. The number of carbonyl (C=O) groups excluding carboxylic acids is 2. The summed E-state index contributed by atoms with van der Waals surface area (Å²) in [6.07, 6.45) is 7.49. The van der Waals surface area contributed by atoms with Gasteiger partial charge in [0.25, 0.3) is 0 Å². The summed E-state index contributed by atoms with van der Waals surface area (Å²) in [5, 5.41) is -0.778. The minimum absolute atomic E-state index is 0.0113. The normalized spacial score (nSPS) is 17.7. The average molecular weight is 423 g/mol. The molecule has 2 rings (SSSR count). The van der Waals surface area contributed by atoms with Crippen LogP contribution in [0.2, 0.25) is 0 Å². The molecule has 1 aliphatic rings. The van der Waals surface area contributed by atoms with E-state index in [0.717, 1.165) is 56.6 Å². The largest absolute Gasteiger partial charge is 0.465 e. The van der Waals surface area contributed by atoms with Crippen molar-refractivity contribution in [3.8, 4) is 0 Å². The maximum absolute atomic E-state index is 12.3. The number of benzene rings is 1. The Balaban J connectivity index is 1.75. The van der Waals surface area contributed by atoms with E-state index in [1.54, 1.807) is 6.92 Å². The Kier molecular flexibility index (Phi) is 11.4. The second-order valence-electron chi connectivity index (χ2n) is 7.23. The van der Waals surface area contributed by atoms with Crippen molar-refractivity contribution in [3.05, 3.63) is 29.8 Å². The van der Waals surface area contributed by atoms with E-state index in [1.807, 2.05) is 19.1 Å². The van der Waals surface area contributed by atoms with E-state index < -0.39 is 11.2 Å². The molecule has 5 nitrogen and oxygen atoms in total. The molecule has 1 aliphatic heterocycles. The Morgan fingerprint density at radius 3 is 2.62 bits per heavy atom. The molecular formula is C23H34O5S. The molecule has 0 amide bonds. The summed E-state index contributed by atoms with van der Waals surface area (Å²) in [7, 11) is 0. The number of unbranched alkanes of at least 4 members (excludes halogenated alkanes) is 1. The number of ketones is 1. The molecular weight excluding hydrogens is 388 g/mol. The molecule has 162 valence electrons. The number of Topliss-reactive ketones (excluding diaryl/α,β-unsaturated/α-hetero) is 1. The van der Waals surface area contributed by atoms with Crippen LogP contribution in [0.5, 0.6) is 0 Å². The van der Waals surface area contributed by atoms with Crippen LogP contribution in [0.3, 0.4) is 0 Å². The molecule has 0 bridgehead atoms. The van der Waals surface area contributed by atoms with Crippen LogP contribution in [0.1, 0.15) is 64.4 Å². The summed E-state index contributed by atoms with van der Waals surface area (Å²) in [4.78, 5) is 25.4. The van der Waals surface area contributed by atoms with Crippen molar-refractivity contribution in [2.24, 2.45) is 0 Å². The summed E-state index contributed by atoms with van der Waals surface area (Å²) in [5.41, 5.74) is 1.25. The van der Waals surface area contributed by atoms with E-state index in [0.29, 0.717) is 6.42 Å². The third kappa shape index (κ3) is 8.89. The fourth-order valence-corrected chi connectivity index (χ4v) is 4.18. The molecule has 0 N–H and O–H groups in total. The van der Waals surface area contributed by atoms with Crippen LogP contribution in [0.25, 0.3) is 0 Å². The fourth-order valence-electron chi connectivity index (χ4n) is 3.20. The predicted molar refractivity (Wildman–Crippen MR) is 115 cm³/mol. The summed E-state index contributed by atoms with van der Waals surface area (Å²) in [6.45, 7) is 5.53. The van der Waals surface area contributed by atoms with Crippen molar-refractivity contribution in [1.29, 1.82) is 0 Å². The van der Waals surface area contributed by atoms with Gasteiger partial charge in [0.15, 0.2) is 17.3 Å². The van der Waals surface area contributed by atoms with Crippen molar-refractivity contribution in [2.45, 2.75) is 81.6 Å². The first kappa shape index (κ1) is 23.9. The predicted octanol–water partition coefficient (Wildman–Crippen LogP) is 4.95. The topological polar surface area (TPSA) is 61.8 Å². The molecule has 2 atom stereocenters. The van der Waals surface area contributed by atoms with E-state index >= 15 is 0 Å². The zero-order valence-electron chi connectivity index (χ0n) is 17.7. The van der Waals surface area contributed by atoms with Gasteiger partial charge in [-0.3, -0.25) is 9.59 Å². The van der Waals surface area contributed by atoms with E-state index in [9.17, 15) is 9.59 Å². The minimum atomic E-state index is -0.778. The zero-order valence-corrected chi connectivity index (χ0v) is 18.5. The second kappa shape index (κ2) is 13.8. The molecule has 1 aromatic rings. The molecule has 29 heavy (non-hydrogen) atoms. The molecule has 0 saturated carbocycles. The van der Waals surface area contributed by atoms with Crippen LogP contribution < -0.4 is 0 Å². The van der Waals surface area contributed by atoms with Crippen molar-refractivity contribution in [2.75, 3.05) is 19.8 Å². The van der Waals surface area contributed by atoms with Crippen LogP contribution in [0, 0.1) is 0 Å². The Labute approximate surface area is 178 Å². The number of hydrogen-bond donors (Lipinski definition) is 0. The molecule has 0 aromatic heterocycles. The van der Waals surface area contributed by atoms with Crippen molar-refractivity contribution < 1.29 is 23.8 Å². The average Bonchev–Trinajstić information content (AvgIpc) is 2.73. The summed E-state index contributed by atoms with van der Waals surface area (Å²) >= 11 is 1.28. The number of carbonyl (C=O) groups is 2. The number of ether oxygens (including phenoxy) is 3. The molecule has 6 heteroatoms. The summed E-state index contributed by atoms with van der Waals surface area (Å²) in [5.74, 6) is -0.510. The summed E-state index contributed by atoms with van der Waals surface area (Å²) in [6, 6.07) is 8.11. The number of aryl methyl sites for hydroxylation is 1. The highest BCUT2D eigenvalue weighted by molar-refractivity contribution is 8.01. The molecule has 1 heterocycles. The maximum atomic E-state index is 12.3. The van der Waals surface area contributed by atoms with Crippen LogP contribution >= 0.6 is 11.8 Å². The van der Waals surface area contributed by atoms with Gasteiger partial charge in [0.05, 0.1) is 6.61 Å². The van der Waals surface area contributed by atoms with Crippen LogP contribution in [0.4, 0.5) is 0 Å². The first-order valence-corrected chi connectivity index (χ1v) is 11.7.